The predicted molar refractivity (Wildman–Crippen MR) is 155 cm³/mol. The standard InChI is InChI=1S/C27H34O2.C6H7NO/c1-17(2)21-15-23-24(27(6,7)13-12-26(23,4)5)16-22(21)18(3)14-19-8-10-20(11-9-19)25(28)29;7-5-1-3-6(8)4-2-5/h8-11,14-17H,12-13H2,1-7H3,(H,28,29);1-4,8H,7H2/b18-14+;. The Morgan fingerprint density at radius 3 is 1.86 bits per heavy atom. The Kier molecular flexibility index (Phi) is 8.22. The molecule has 0 amide bonds. The summed E-state index contributed by atoms with van der Waals surface area (Å²) in [4.78, 5) is 11.1. The molecule has 196 valence electrons. The maximum atomic E-state index is 11.1. The highest BCUT2D eigenvalue weighted by Gasteiger charge is 2.37. The first-order valence-electron chi connectivity index (χ1n) is 13.0. The number of rotatable bonds is 4. The minimum atomic E-state index is -0.890. The number of nitrogen functional groups attached to an aromatic ring is 1. The summed E-state index contributed by atoms with van der Waals surface area (Å²) in [7, 11) is 0. The summed E-state index contributed by atoms with van der Waals surface area (Å²) < 4.78 is 0. The molecule has 0 spiro atoms. The fourth-order valence-corrected chi connectivity index (χ4v) is 4.97. The fourth-order valence-electron chi connectivity index (χ4n) is 4.97. The van der Waals surface area contributed by atoms with E-state index in [9.17, 15) is 4.79 Å². The average Bonchev–Trinajstić information content (AvgIpc) is 2.84. The zero-order valence-corrected chi connectivity index (χ0v) is 23.2. The molecule has 37 heavy (non-hydrogen) atoms. The summed E-state index contributed by atoms with van der Waals surface area (Å²) in [5.74, 6) is -0.202. The number of allylic oxidation sites excluding steroid dienone is 1. The van der Waals surface area contributed by atoms with Crippen molar-refractivity contribution < 1.29 is 15.0 Å². The Hall–Kier alpha value is -3.53. The molecule has 0 radical (unpaired) electrons. The molecule has 1 aliphatic carbocycles. The van der Waals surface area contributed by atoms with Gasteiger partial charge in [0.15, 0.2) is 0 Å². The lowest BCUT2D eigenvalue weighted by molar-refractivity contribution is 0.0697. The number of carbonyl (C=O) groups is 1. The van der Waals surface area contributed by atoms with Crippen LogP contribution < -0.4 is 5.73 Å². The number of hydrogen-bond donors (Lipinski definition) is 3. The van der Waals surface area contributed by atoms with Crippen LogP contribution >= 0.6 is 0 Å². The molecular weight excluding hydrogens is 458 g/mol. The lowest BCUT2D eigenvalue weighted by Gasteiger charge is -2.43. The van der Waals surface area contributed by atoms with Crippen LogP contribution in [0.1, 0.15) is 105 Å². The first-order chi connectivity index (χ1) is 17.2. The number of hydrogen-bond acceptors (Lipinski definition) is 3. The number of phenols is 1. The molecule has 3 aromatic rings. The number of phenolic OH excluding ortho intramolecular Hbond substituents is 1. The monoisotopic (exact) mass is 499 g/mol. The summed E-state index contributed by atoms with van der Waals surface area (Å²) >= 11 is 0. The Labute approximate surface area is 221 Å². The quantitative estimate of drug-likeness (QED) is 0.191. The van der Waals surface area contributed by atoms with Gasteiger partial charge >= 0.3 is 5.97 Å². The van der Waals surface area contributed by atoms with Gasteiger partial charge in [0.25, 0.3) is 0 Å². The van der Waals surface area contributed by atoms with Crippen LogP contribution in [-0.4, -0.2) is 16.2 Å². The van der Waals surface area contributed by atoms with Crippen LogP contribution in [0.4, 0.5) is 5.69 Å². The number of benzene rings is 3. The van der Waals surface area contributed by atoms with Crippen LogP contribution in [0.15, 0.2) is 60.7 Å². The number of aromatic hydroxyl groups is 1. The molecule has 0 unspecified atom stereocenters. The third-order valence-corrected chi connectivity index (χ3v) is 7.50. The van der Waals surface area contributed by atoms with Crippen molar-refractivity contribution in [3.8, 4) is 5.75 Å². The third-order valence-electron chi connectivity index (χ3n) is 7.50. The van der Waals surface area contributed by atoms with E-state index in [-0.39, 0.29) is 16.6 Å². The fraction of sp³-hybridized carbons (Fsp3) is 0.364. The van der Waals surface area contributed by atoms with Crippen molar-refractivity contribution in [3.63, 3.8) is 0 Å². The molecule has 0 saturated heterocycles. The number of anilines is 1. The first-order valence-corrected chi connectivity index (χ1v) is 13.0. The van der Waals surface area contributed by atoms with Gasteiger partial charge in [-0.3, -0.25) is 0 Å². The zero-order valence-electron chi connectivity index (χ0n) is 23.2. The van der Waals surface area contributed by atoms with Gasteiger partial charge in [-0.05, 0) is 106 Å². The average molecular weight is 500 g/mol. The zero-order chi connectivity index (χ0) is 27.5. The topological polar surface area (TPSA) is 83.5 Å². The lowest BCUT2D eigenvalue weighted by atomic mass is 9.62. The Balaban J connectivity index is 0.000000405. The van der Waals surface area contributed by atoms with Crippen LogP contribution in [0.2, 0.25) is 0 Å². The van der Waals surface area contributed by atoms with E-state index < -0.39 is 5.97 Å². The summed E-state index contributed by atoms with van der Waals surface area (Å²) in [6.45, 7) is 16.2. The molecule has 0 atom stereocenters. The predicted octanol–water partition coefficient (Wildman–Crippen LogP) is 8.39. The summed E-state index contributed by atoms with van der Waals surface area (Å²) in [5.41, 5.74) is 14.6. The van der Waals surface area contributed by atoms with Crippen LogP contribution in [0.5, 0.6) is 5.75 Å². The smallest absolute Gasteiger partial charge is 0.335 e. The third kappa shape index (κ3) is 6.62. The molecule has 4 N–H and O–H groups in total. The van der Waals surface area contributed by atoms with Gasteiger partial charge in [-0.25, -0.2) is 4.79 Å². The van der Waals surface area contributed by atoms with Crippen molar-refractivity contribution in [1.82, 2.24) is 0 Å². The Morgan fingerprint density at radius 1 is 0.892 bits per heavy atom. The van der Waals surface area contributed by atoms with Gasteiger partial charge in [-0.15, -0.1) is 0 Å². The highest BCUT2D eigenvalue weighted by atomic mass is 16.4. The van der Waals surface area contributed by atoms with Gasteiger partial charge < -0.3 is 15.9 Å². The van der Waals surface area contributed by atoms with Gasteiger partial charge in [0.1, 0.15) is 5.75 Å². The van der Waals surface area contributed by atoms with Crippen LogP contribution in [0, 0.1) is 0 Å². The van der Waals surface area contributed by atoms with Gasteiger partial charge in [-0.2, -0.15) is 0 Å². The SMILES string of the molecule is C/C(=C\c1ccc(C(=O)O)cc1)c1cc2c(cc1C(C)C)C(C)(C)CCC2(C)C.Nc1ccc(O)cc1. The summed E-state index contributed by atoms with van der Waals surface area (Å²) in [5, 5.41) is 17.8. The summed E-state index contributed by atoms with van der Waals surface area (Å²) in [6, 6.07) is 18.4. The number of nitrogens with two attached hydrogens (primary N) is 1. The molecular formula is C33H41NO3. The minimum absolute atomic E-state index is 0.179. The molecule has 4 heteroatoms. The van der Waals surface area contributed by atoms with Gasteiger partial charge in [0.2, 0.25) is 0 Å². The Bertz CT molecular complexity index is 1260. The van der Waals surface area contributed by atoms with Crippen molar-refractivity contribution in [2.75, 3.05) is 5.73 Å². The molecule has 4 rings (SSSR count). The molecule has 0 heterocycles. The van der Waals surface area contributed by atoms with Gasteiger partial charge in [0, 0.05) is 5.69 Å². The van der Waals surface area contributed by atoms with E-state index in [2.05, 4.69) is 66.7 Å². The molecule has 0 aromatic heterocycles. The van der Waals surface area contributed by atoms with Crippen LogP contribution in [-0.2, 0) is 10.8 Å². The molecule has 1 aliphatic rings. The van der Waals surface area contributed by atoms with Crippen LogP contribution in [0.3, 0.4) is 0 Å². The molecule has 4 nitrogen and oxygen atoms in total. The molecule has 0 bridgehead atoms. The normalized spacial score (nSPS) is 15.9. The van der Waals surface area contributed by atoms with Crippen molar-refractivity contribution in [2.24, 2.45) is 0 Å². The highest BCUT2D eigenvalue weighted by molar-refractivity contribution is 5.88. The van der Waals surface area contributed by atoms with E-state index >= 15 is 0 Å². The highest BCUT2D eigenvalue weighted by Crippen LogP contribution is 2.48. The van der Waals surface area contributed by atoms with Gasteiger partial charge in [-0.1, -0.05) is 71.9 Å². The summed E-state index contributed by atoms with van der Waals surface area (Å²) in [6.07, 6.45) is 4.59. The number of aromatic carboxylic acids is 1. The second-order valence-electron chi connectivity index (χ2n) is 11.8. The molecule has 3 aromatic carbocycles. The maximum absolute atomic E-state index is 11.1. The van der Waals surface area contributed by atoms with Crippen molar-refractivity contribution >= 4 is 23.3 Å². The van der Waals surface area contributed by atoms with Crippen molar-refractivity contribution in [1.29, 1.82) is 0 Å². The molecule has 0 saturated carbocycles. The second-order valence-corrected chi connectivity index (χ2v) is 11.8. The first kappa shape index (κ1) is 28.0. The lowest BCUT2D eigenvalue weighted by Crippen LogP contribution is -2.34. The van der Waals surface area contributed by atoms with E-state index in [1.807, 2.05) is 12.1 Å². The van der Waals surface area contributed by atoms with Crippen molar-refractivity contribution in [3.05, 3.63) is 94.0 Å². The number of fused-ring (bicyclic) bond motifs is 1. The van der Waals surface area contributed by atoms with E-state index in [0.717, 1.165) is 5.56 Å². The van der Waals surface area contributed by atoms with Crippen molar-refractivity contribution in [2.45, 2.75) is 78.1 Å². The second kappa shape index (κ2) is 10.8. The number of carboxylic acids is 1. The maximum Gasteiger partial charge on any atom is 0.335 e. The Morgan fingerprint density at radius 2 is 1.41 bits per heavy atom. The van der Waals surface area contributed by atoms with E-state index in [1.165, 1.54) is 40.7 Å². The number of carboxylic acid groups (broad SMARTS) is 1. The minimum Gasteiger partial charge on any atom is -0.508 e. The van der Waals surface area contributed by atoms with E-state index in [4.69, 9.17) is 15.9 Å². The van der Waals surface area contributed by atoms with Crippen LogP contribution in [0.25, 0.3) is 11.6 Å². The van der Waals surface area contributed by atoms with E-state index in [0.29, 0.717) is 17.2 Å². The largest absolute Gasteiger partial charge is 0.508 e. The van der Waals surface area contributed by atoms with E-state index in [1.54, 1.807) is 36.4 Å². The molecule has 0 aliphatic heterocycles. The molecule has 0 fully saturated rings. The van der Waals surface area contributed by atoms with Gasteiger partial charge in [0.05, 0.1) is 5.56 Å².